The molecule has 19 heavy (non-hydrogen) atoms. The molecule has 1 aromatic carbocycles. The van der Waals surface area contributed by atoms with Crippen LogP contribution in [0.4, 0.5) is 5.13 Å². The Labute approximate surface area is 116 Å². The standard InChI is InChI=1S/C12H15N3O2S2/c1-4-19(16,17)15-12-14-13-11(18-12)10-6-8(2)5-9(3)7-10/h5-7H,4H2,1-3H3,(H,14,15). The zero-order valence-corrected chi connectivity index (χ0v) is 12.6. The van der Waals surface area contributed by atoms with Crippen LogP contribution in [-0.2, 0) is 10.0 Å². The third-order valence-electron chi connectivity index (χ3n) is 2.52. The molecule has 5 nitrogen and oxygen atoms in total. The molecule has 0 fully saturated rings. The summed E-state index contributed by atoms with van der Waals surface area (Å²) in [6, 6.07) is 6.09. The second kappa shape index (κ2) is 5.26. The van der Waals surface area contributed by atoms with Gasteiger partial charge in [0.25, 0.3) is 0 Å². The van der Waals surface area contributed by atoms with Crippen LogP contribution >= 0.6 is 11.3 Å². The minimum Gasteiger partial charge on any atom is -0.257 e. The second-order valence-corrected chi connectivity index (χ2v) is 7.28. The zero-order valence-electron chi connectivity index (χ0n) is 11.0. The molecule has 1 N–H and O–H groups in total. The molecule has 0 unspecified atom stereocenters. The molecular formula is C12H15N3O2S2. The lowest BCUT2D eigenvalue weighted by atomic mass is 10.1. The molecule has 0 aliphatic rings. The Morgan fingerprint density at radius 2 is 1.79 bits per heavy atom. The molecule has 1 aromatic heterocycles. The number of hydrogen-bond donors (Lipinski definition) is 1. The molecule has 7 heteroatoms. The Bertz CT molecular complexity index is 673. The Kier molecular flexibility index (Phi) is 3.86. The maximum absolute atomic E-state index is 11.5. The van der Waals surface area contributed by atoms with Gasteiger partial charge in [-0.1, -0.05) is 28.5 Å². The average molecular weight is 297 g/mol. The Morgan fingerprint density at radius 1 is 1.16 bits per heavy atom. The van der Waals surface area contributed by atoms with Gasteiger partial charge in [0, 0.05) is 5.56 Å². The molecule has 0 saturated heterocycles. The fourth-order valence-electron chi connectivity index (χ4n) is 1.68. The molecule has 102 valence electrons. The lowest BCUT2D eigenvalue weighted by Crippen LogP contribution is -2.14. The van der Waals surface area contributed by atoms with Gasteiger partial charge in [0.05, 0.1) is 5.75 Å². The minimum absolute atomic E-state index is 0.0193. The smallest absolute Gasteiger partial charge is 0.234 e. The van der Waals surface area contributed by atoms with Crippen molar-refractivity contribution in [2.75, 3.05) is 10.5 Å². The summed E-state index contributed by atoms with van der Waals surface area (Å²) >= 11 is 1.23. The van der Waals surface area contributed by atoms with E-state index in [4.69, 9.17) is 0 Å². The number of sulfonamides is 1. The Balaban J connectivity index is 2.31. The van der Waals surface area contributed by atoms with Gasteiger partial charge in [-0.15, -0.1) is 10.2 Å². The Hall–Kier alpha value is -1.47. The molecule has 0 spiro atoms. The van der Waals surface area contributed by atoms with E-state index in [1.54, 1.807) is 6.92 Å². The van der Waals surface area contributed by atoms with Crippen LogP contribution in [0.5, 0.6) is 0 Å². The summed E-state index contributed by atoms with van der Waals surface area (Å²) in [4.78, 5) is 0. The summed E-state index contributed by atoms with van der Waals surface area (Å²) in [7, 11) is -3.30. The van der Waals surface area contributed by atoms with E-state index < -0.39 is 10.0 Å². The van der Waals surface area contributed by atoms with Gasteiger partial charge in [0.15, 0.2) is 0 Å². The van der Waals surface area contributed by atoms with Gasteiger partial charge in [-0.3, -0.25) is 4.72 Å². The highest BCUT2D eigenvalue weighted by atomic mass is 32.2. The summed E-state index contributed by atoms with van der Waals surface area (Å²) in [6.07, 6.45) is 0. The van der Waals surface area contributed by atoms with Crippen LogP contribution in [-0.4, -0.2) is 24.4 Å². The van der Waals surface area contributed by atoms with Crippen molar-refractivity contribution in [3.8, 4) is 10.6 Å². The van der Waals surface area contributed by atoms with E-state index in [1.165, 1.54) is 11.3 Å². The minimum atomic E-state index is -3.30. The predicted octanol–water partition coefficient (Wildman–Crippen LogP) is 2.58. The molecule has 0 atom stereocenters. The average Bonchev–Trinajstić information content (AvgIpc) is 2.75. The molecular weight excluding hydrogens is 282 g/mol. The van der Waals surface area contributed by atoms with Crippen LogP contribution < -0.4 is 4.72 Å². The number of rotatable bonds is 4. The van der Waals surface area contributed by atoms with Gasteiger partial charge in [0.1, 0.15) is 5.01 Å². The third kappa shape index (κ3) is 3.51. The first-order valence-electron chi connectivity index (χ1n) is 5.82. The van der Waals surface area contributed by atoms with Gasteiger partial charge in [-0.05, 0) is 32.9 Å². The molecule has 0 bridgehead atoms. The molecule has 2 aromatic rings. The van der Waals surface area contributed by atoms with Crippen molar-refractivity contribution in [3.63, 3.8) is 0 Å². The van der Waals surface area contributed by atoms with Gasteiger partial charge in [0.2, 0.25) is 15.2 Å². The lowest BCUT2D eigenvalue weighted by molar-refractivity contribution is 0.602. The van der Waals surface area contributed by atoms with Crippen molar-refractivity contribution in [2.24, 2.45) is 0 Å². The highest BCUT2D eigenvalue weighted by Crippen LogP contribution is 2.28. The van der Waals surface area contributed by atoms with E-state index in [-0.39, 0.29) is 5.75 Å². The normalized spacial score (nSPS) is 11.5. The number of anilines is 1. The highest BCUT2D eigenvalue weighted by molar-refractivity contribution is 7.92. The van der Waals surface area contributed by atoms with E-state index in [0.717, 1.165) is 16.7 Å². The van der Waals surface area contributed by atoms with Crippen molar-refractivity contribution in [1.82, 2.24) is 10.2 Å². The first kappa shape index (κ1) is 14.0. The first-order valence-corrected chi connectivity index (χ1v) is 8.29. The van der Waals surface area contributed by atoms with Gasteiger partial charge in [-0.25, -0.2) is 8.42 Å². The quantitative estimate of drug-likeness (QED) is 0.941. The van der Waals surface area contributed by atoms with Gasteiger partial charge < -0.3 is 0 Å². The summed E-state index contributed by atoms with van der Waals surface area (Å²) in [5, 5.41) is 8.90. The second-order valence-electron chi connectivity index (χ2n) is 4.29. The van der Waals surface area contributed by atoms with Crippen molar-refractivity contribution in [2.45, 2.75) is 20.8 Å². The van der Waals surface area contributed by atoms with Crippen molar-refractivity contribution < 1.29 is 8.42 Å². The molecule has 0 aliphatic carbocycles. The topological polar surface area (TPSA) is 72.0 Å². The number of aryl methyl sites for hydroxylation is 2. The predicted molar refractivity (Wildman–Crippen MR) is 77.9 cm³/mol. The van der Waals surface area contributed by atoms with Crippen molar-refractivity contribution in [1.29, 1.82) is 0 Å². The lowest BCUT2D eigenvalue weighted by Gasteiger charge is -2.01. The zero-order chi connectivity index (χ0) is 14.0. The molecule has 0 amide bonds. The largest absolute Gasteiger partial charge is 0.257 e. The number of aromatic nitrogens is 2. The van der Waals surface area contributed by atoms with Crippen LogP contribution in [0.2, 0.25) is 0 Å². The van der Waals surface area contributed by atoms with Crippen LogP contribution in [0, 0.1) is 13.8 Å². The fraction of sp³-hybridized carbons (Fsp3) is 0.333. The SMILES string of the molecule is CCS(=O)(=O)Nc1nnc(-c2cc(C)cc(C)c2)s1. The maximum atomic E-state index is 11.5. The van der Waals surface area contributed by atoms with Crippen LogP contribution in [0.3, 0.4) is 0 Å². The molecule has 2 rings (SSSR count). The maximum Gasteiger partial charge on any atom is 0.234 e. The third-order valence-corrected chi connectivity index (χ3v) is 4.80. The molecule has 1 heterocycles. The fourth-order valence-corrected chi connectivity index (χ4v) is 3.27. The first-order chi connectivity index (χ1) is 8.89. The Morgan fingerprint density at radius 3 is 2.37 bits per heavy atom. The molecule has 0 radical (unpaired) electrons. The number of hydrogen-bond acceptors (Lipinski definition) is 5. The van der Waals surface area contributed by atoms with Crippen LogP contribution in [0.25, 0.3) is 10.6 Å². The van der Waals surface area contributed by atoms with Gasteiger partial charge in [-0.2, -0.15) is 0 Å². The van der Waals surface area contributed by atoms with E-state index >= 15 is 0 Å². The van der Waals surface area contributed by atoms with Crippen molar-refractivity contribution in [3.05, 3.63) is 29.3 Å². The summed E-state index contributed by atoms with van der Waals surface area (Å²) < 4.78 is 25.3. The summed E-state index contributed by atoms with van der Waals surface area (Å²) in [5.41, 5.74) is 3.23. The molecule has 0 saturated carbocycles. The molecule has 0 aliphatic heterocycles. The van der Waals surface area contributed by atoms with E-state index in [2.05, 4.69) is 21.0 Å². The van der Waals surface area contributed by atoms with E-state index in [1.807, 2.05) is 26.0 Å². The number of nitrogens with one attached hydrogen (secondary N) is 1. The summed E-state index contributed by atoms with van der Waals surface area (Å²) in [6.45, 7) is 5.60. The van der Waals surface area contributed by atoms with Gasteiger partial charge >= 0.3 is 0 Å². The number of benzene rings is 1. The highest BCUT2D eigenvalue weighted by Gasteiger charge is 2.12. The monoisotopic (exact) mass is 297 g/mol. The van der Waals surface area contributed by atoms with E-state index in [9.17, 15) is 8.42 Å². The van der Waals surface area contributed by atoms with Crippen LogP contribution in [0.1, 0.15) is 18.1 Å². The van der Waals surface area contributed by atoms with Crippen LogP contribution in [0.15, 0.2) is 18.2 Å². The van der Waals surface area contributed by atoms with Crippen molar-refractivity contribution >= 4 is 26.5 Å². The summed E-state index contributed by atoms with van der Waals surface area (Å²) in [5.74, 6) is 0.0193. The number of nitrogens with zero attached hydrogens (tertiary/aromatic N) is 2. The van der Waals surface area contributed by atoms with E-state index in [0.29, 0.717) is 10.1 Å².